The van der Waals surface area contributed by atoms with E-state index in [0.29, 0.717) is 11.7 Å². The summed E-state index contributed by atoms with van der Waals surface area (Å²) in [6, 6.07) is 8.29. The van der Waals surface area contributed by atoms with Crippen LogP contribution in [-0.2, 0) is 4.79 Å². The molecule has 0 aliphatic heterocycles. The molecule has 1 aliphatic rings. The van der Waals surface area contributed by atoms with Gasteiger partial charge in [0.05, 0.1) is 0 Å². The Labute approximate surface area is 92.6 Å². The van der Waals surface area contributed by atoms with E-state index in [1.165, 1.54) is 5.56 Å². The molecule has 1 aromatic carbocycles. The lowest BCUT2D eigenvalue weighted by Crippen LogP contribution is -2.42. The topological polar surface area (TPSA) is 17.1 Å². The maximum atomic E-state index is 11.4. The van der Waals surface area contributed by atoms with E-state index in [4.69, 9.17) is 0 Å². The monoisotopic (exact) mass is 252 g/mol. The molecular weight excluding hydrogens is 240 g/mol. The molecule has 14 heavy (non-hydrogen) atoms. The third-order valence-electron chi connectivity index (χ3n) is 3.23. The molecule has 0 saturated heterocycles. The highest BCUT2D eigenvalue weighted by molar-refractivity contribution is 9.10. The first-order valence-electron chi connectivity index (χ1n) is 4.90. The molecule has 1 aromatic rings. The predicted molar refractivity (Wildman–Crippen MR) is 60.2 cm³/mol. The van der Waals surface area contributed by atoms with E-state index in [1.807, 2.05) is 26.0 Å². The molecule has 1 aliphatic carbocycles. The van der Waals surface area contributed by atoms with Gasteiger partial charge >= 0.3 is 0 Å². The van der Waals surface area contributed by atoms with Gasteiger partial charge in [0.15, 0.2) is 0 Å². The lowest BCUT2D eigenvalue weighted by Gasteiger charge is -2.39. The molecule has 0 heterocycles. The van der Waals surface area contributed by atoms with E-state index in [0.717, 1.165) is 4.47 Å². The van der Waals surface area contributed by atoms with Gasteiger partial charge in [-0.2, -0.15) is 0 Å². The minimum absolute atomic E-state index is 0.200. The molecular formula is C12H13BrO. The average Bonchev–Trinajstić information content (AvgIpc) is 2.21. The minimum Gasteiger partial charge on any atom is -0.299 e. The quantitative estimate of drug-likeness (QED) is 0.749. The molecule has 0 aromatic heterocycles. The van der Waals surface area contributed by atoms with Crippen molar-refractivity contribution < 1.29 is 4.79 Å². The normalized spacial score (nSPS) is 31.4. The molecule has 0 amide bonds. The summed E-state index contributed by atoms with van der Waals surface area (Å²) >= 11 is 3.41. The number of ketones is 1. The third-order valence-corrected chi connectivity index (χ3v) is 3.76. The molecule has 1 nitrogen and oxygen atoms in total. The van der Waals surface area contributed by atoms with Crippen molar-refractivity contribution in [3.63, 3.8) is 0 Å². The molecule has 2 rings (SSSR count). The first-order chi connectivity index (χ1) is 6.61. The number of hydrogen-bond donors (Lipinski definition) is 0. The summed E-state index contributed by atoms with van der Waals surface area (Å²) in [6.45, 7) is 4.05. The minimum atomic E-state index is 0.200. The van der Waals surface area contributed by atoms with Crippen molar-refractivity contribution in [2.24, 2.45) is 11.8 Å². The van der Waals surface area contributed by atoms with E-state index >= 15 is 0 Å². The molecule has 0 spiro atoms. The second-order valence-corrected chi connectivity index (χ2v) is 4.97. The van der Waals surface area contributed by atoms with Gasteiger partial charge in [-0.3, -0.25) is 4.79 Å². The van der Waals surface area contributed by atoms with Crippen molar-refractivity contribution in [1.82, 2.24) is 0 Å². The van der Waals surface area contributed by atoms with Crippen molar-refractivity contribution in [3.05, 3.63) is 34.3 Å². The molecule has 2 heteroatoms. The third kappa shape index (κ3) is 1.42. The van der Waals surface area contributed by atoms with E-state index in [-0.39, 0.29) is 11.8 Å². The van der Waals surface area contributed by atoms with Crippen LogP contribution in [0.15, 0.2) is 28.7 Å². The summed E-state index contributed by atoms with van der Waals surface area (Å²) < 4.78 is 1.09. The Kier molecular flexibility index (Phi) is 2.48. The second-order valence-electron chi connectivity index (χ2n) is 4.06. The highest BCUT2D eigenvalue weighted by Gasteiger charge is 2.44. The zero-order valence-electron chi connectivity index (χ0n) is 8.33. The number of rotatable bonds is 1. The maximum absolute atomic E-state index is 11.4. The van der Waals surface area contributed by atoms with Gasteiger partial charge in [0.2, 0.25) is 0 Å². The Morgan fingerprint density at radius 3 is 2.07 bits per heavy atom. The van der Waals surface area contributed by atoms with Gasteiger partial charge < -0.3 is 0 Å². The number of carbonyl (C=O) groups is 1. The van der Waals surface area contributed by atoms with Gasteiger partial charge in [0, 0.05) is 22.2 Å². The maximum Gasteiger partial charge on any atom is 0.139 e. The highest BCUT2D eigenvalue weighted by Crippen LogP contribution is 2.44. The lowest BCUT2D eigenvalue weighted by molar-refractivity contribution is -0.136. The Morgan fingerprint density at radius 1 is 1.07 bits per heavy atom. The summed E-state index contributed by atoms with van der Waals surface area (Å²) in [5.41, 5.74) is 1.28. The largest absolute Gasteiger partial charge is 0.299 e. The number of hydrogen-bond acceptors (Lipinski definition) is 1. The zero-order valence-corrected chi connectivity index (χ0v) is 9.91. The summed E-state index contributed by atoms with van der Waals surface area (Å²) in [6.07, 6.45) is 0. The number of carbonyl (C=O) groups excluding carboxylic acids is 1. The van der Waals surface area contributed by atoms with E-state index < -0.39 is 0 Å². The predicted octanol–water partition coefficient (Wildman–Crippen LogP) is 3.39. The molecule has 1 fully saturated rings. The molecule has 74 valence electrons. The summed E-state index contributed by atoms with van der Waals surface area (Å²) in [5, 5.41) is 0. The van der Waals surface area contributed by atoms with Crippen LogP contribution in [0.1, 0.15) is 25.3 Å². The Balaban J connectivity index is 2.24. The molecule has 2 atom stereocenters. The van der Waals surface area contributed by atoms with E-state index in [9.17, 15) is 4.79 Å². The van der Waals surface area contributed by atoms with Crippen LogP contribution in [0.5, 0.6) is 0 Å². The second kappa shape index (κ2) is 3.50. The van der Waals surface area contributed by atoms with E-state index in [2.05, 4.69) is 28.1 Å². The van der Waals surface area contributed by atoms with Crippen molar-refractivity contribution in [2.45, 2.75) is 19.8 Å². The zero-order chi connectivity index (χ0) is 10.3. The molecule has 2 unspecified atom stereocenters. The fourth-order valence-corrected chi connectivity index (χ4v) is 2.61. The first-order valence-corrected chi connectivity index (χ1v) is 5.69. The summed E-state index contributed by atoms with van der Waals surface area (Å²) in [5.74, 6) is 1.23. The van der Waals surface area contributed by atoms with Crippen LogP contribution in [0, 0.1) is 11.8 Å². The smallest absolute Gasteiger partial charge is 0.139 e. The molecule has 0 bridgehead atoms. The van der Waals surface area contributed by atoms with Gasteiger partial charge in [-0.25, -0.2) is 0 Å². The summed E-state index contributed by atoms with van der Waals surface area (Å²) in [4.78, 5) is 11.4. The van der Waals surface area contributed by atoms with Crippen LogP contribution in [0.4, 0.5) is 0 Å². The Morgan fingerprint density at radius 2 is 1.57 bits per heavy atom. The van der Waals surface area contributed by atoms with Gasteiger partial charge in [-0.1, -0.05) is 41.9 Å². The fourth-order valence-electron chi connectivity index (χ4n) is 2.35. The Hall–Kier alpha value is -0.630. The SMILES string of the molecule is CC1C(=O)C(C)C1c1ccc(Br)cc1. The first kappa shape index (κ1) is 9.91. The summed E-state index contributed by atoms with van der Waals surface area (Å²) in [7, 11) is 0. The fraction of sp³-hybridized carbons (Fsp3) is 0.417. The number of halogens is 1. The van der Waals surface area contributed by atoms with Crippen molar-refractivity contribution in [2.75, 3.05) is 0 Å². The molecule has 0 radical (unpaired) electrons. The standard InChI is InChI=1S/C12H13BrO/c1-7-11(8(2)12(7)14)9-3-5-10(13)6-4-9/h3-8,11H,1-2H3. The van der Waals surface area contributed by atoms with Gasteiger partial charge in [0.1, 0.15) is 5.78 Å². The Bertz CT molecular complexity index is 343. The lowest BCUT2D eigenvalue weighted by atomic mass is 9.62. The van der Waals surface area contributed by atoms with Crippen molar-refractivity contribution in [1.29, 1.82) is 0 Å². The number of Topliss-reactive ketones (excluding diaryl/α,β-unsaturated/α-hetero) is 1. The van der Waals surface area contributed by atoms with Crippen molar-refractivity contribution in [3.8, 4) is 0 Å². The van der Waals surface area contributed by atoms with Crippen LogP contribution >= 0.6 is 15.9 Å². The highest BCUT2D eigenvalue weighted by atomic mass is 79.9. The van der Waals surface area contributed by atoms with Gasteiger partial charge in [-0.05, 0) is 17.7 Å². The van der Waals surface area contributed by atoms with Crippen LogP contribution in [0.2, 0.25) is 0 Å². The van der Waals surface area contributed by atoms with Crippen LogP contribution in [0.25, 0.3) is 0 Å². The molecule has 1 saturated carbocycles. The van der Waals surface area contributed by atoms with Gasteiger partial charge in [0.25, 0.3) is 0 Å². The molecule has 0 N–H and O–H groups in total. The van der Waals surface area contributed by atoms with Crippen molar-refractivity contribution >= 4 is 21.7 Å². The van der Waals surface area contributed by atoms with Crippen LogP contribution in [-0.4, -0.2) is 5.78 Å². The number of benzene rings is 1. The van der Waals surface area contributed by atoms with E-state index in [1.54, 1.807) is 0 Å². The van der Waals surface area contributed by atoms with Gasteiger partial charge in [-0.15, -0.1) is 0 Å². The van der Waals surface area contributed by atoms with Crippen LogP contribution in [0.3, 0.4) is 0 Å². The average molecular weight is 253 g/mol. The van der Waals surface area contributed by atoms with Crippen LogP contribution < -0.4 is 0 Å².